The maximum atomic E-state index is 12.6. The van der Waals surface area contributed by atoms with Crippen molar-refractivity contribution >= 4 is 6.03 Å². The summed E-state index contributed by atoms with van der Waals surface area (Å²) in [6, 6.07) is 10.1. The Morgan fingerprint density at radius 3 is 2.84 bits per heavy atom. The Balaban J connectivity index is 1.45. The summed E-state index contributed by atoms with van der Waals surface area (Å²) in [6.07, 6.45) is 7.36. The van der Waals surface area contributed by atoms with Gasteiger partial charge in [-0.2, -0.15) is 0 Å². The Hall–Kier alpha value is -2.27. The summed E-state index contributed by atoms with van der Waals surface area (Å²) in [5.74, 6) is 1.58. The zero-order chi connectivity index (χ0) is 17.2. The summed E-state index contributed by atoms with van der Waals surface area (Å²) in [5.41, 5.74) is 2.06. The van der Waals surface area contributed by atoms with E-state index in [-0.39, 0.29) is 12.1 Å². The third-order valence-electron chi connectivity index (χ3n) is 5.46. The molecule has 2 aromatic rings. The van der Waals surface area contributed by atoms with Crippen LogP contribution in [0, 0.1) is 5.92 Å². The third kappa shape index (κ3) is 3.56. The van der Waals surface area contributed by atoms with Crippen LogP contribution in [0.5, 0.6) is 5.75 Å². The first kappa shape index (κ1) is 16.2. The van der Waals surface area contributed by atoms with Crippen LogP contribution in [0.3, 0.4) is 0 Å². The average Bonchev–Trinajstić information content (AvgIpc) is 2.97. The fourth-order valence-corrected chi connectivity index (χ4v) is 4.04. The molecule has 0 aliphatic carbocycles. The van der Waals surface area contributed by atoms with Crippen molar-refractivity contribution in [1.29, 1.82) is 0 Å². The highest BCUT2D eigenvalue weighted by atomic mass is 16.5. The number of nitrogens with zero attached hydrogens (tertiary/aromatic N) is 2. The van der Waals surface area contributed by atoms with E-state index < -0.39 is 0 Å². The van der Waals surface area contributed by atoms with E-state index in [9.17, 15) is 4.79 Å². The Kier molecular flexibility index (Phi) is 4.49. The molecule has 3 aliphatic rings. The fraction of sp³-hybridized carbons (Fsp3) is 0.450. The fourth-order valence-electron chi connectivity index (χ4n) is 4.04. The molecule has 4 heterocycles. The molecule has 1 aromatic carbocycles. The molecule has 1 N–H and O–H groups in total. The first-order valence-corrected chi connectivity index (χ1v) is 9.07. The molecular formula is C20H25N3O2. The molecule has 3 saturated heterocycles. The normalized spacial score (nSPS) is 25.4. The number of ether oxygens (including phenoxy) is 1. The maximum Gasteiger partial charge on any atom is 0.325 e. The molecule has 5 heteroatoms. The number of rotatable bonds is 3. The number of methoxy groups -OCH3 is 1. The monoisotopic (exact) mass is 339 g/mol. The predicted octanol–water partition coefficient (Wildman–Crippen LogP) is 3.21. The van der Waals surface area contributed by atoms with Crippen LogP contribution in [-0.2, 0) is 0 Å². The minimum absolute atomic E-state index is 0.0401. The molecule has 0 radical (unpaired) electrons. The van der Waals surface area contributed by atoms with Gasteiger partial charge in [0.25, 0.3) is 0 Å². The largest absolute Gasteiger partial charge is 0.497 e. The lowest BCUT2D eigenvalue weighted by Crippen LogP contribution is -2.43. The van der Waals surface area contributed by atoms with Crippen LogP contribution in [0.25, 0.3) is 11.1 Å². The molecule has 1 aromatic heterocycles. The molecule has 1 atom stereocenters. The molecule has 3 aliphatic heterocycles. The Bertz CT molecular complexity index is 733. The van der Waals surface area contributed by atoms with E-state index in [4.69, 9.17) is 4.74 Å². The van der Waals surface area contributed by atoms with Gasteiger partial charge >= 0.3 is 6.03 Å². The van der Waals surface area contributed by atoms with E-state index in [2.05, 4.69) is 10.2 Å². The minimum atomic E-state index is -0.0401. The SMILES string of the molecule is COc1cccc(-c2ccn(C(=O)NC3CC4CCN(CC4)C3)c2)c1. The first-order valence-electron chi connectivity index (χ1n) is 9.07. The number of fused-ring (bicyclic) bond motifs is 4. The average molecular weight is 339 g/mol. The molecular weight excluding hydrogens is 314 g/mol. The summed E-state index contributed by atoms with van der Waals surface area (Å²) in [6.45, 7) is 3.34. The highest BCUT2D eigenvalue weighted by Gasteiger charge is 2.29. The van der Waals surface area contributed by atoms with E-state index in [0.717, 1.165) is 35.8 Å². The highest BCUT2D eigenvalue weighted by Crippen LogP contribution is 2.27. The van der Waals surface area contributed by atoms with Crippen LogP contribution in [0.1, 0.15) is 19.3 Å². The van der Waals surface area contributed by atoms with Crippen LogP contribution in [-0.4, -0.2) is 48.3 Å². The first-order chi connectivity index (χ1) is 12.2. The second-order valence-corrected chi connectivity index (χ2v) is 7.17. The van der Waals surface area contributed by atoms with Crippen molar-refractivity contribution < 1.29 is 9.53 Å². The van der Waals surface area contributed by atoms with Gasteiger partial charge in [0.15, 0.2) is 0 Å². The minimum Gasteiger partial charge on any atom is -0.497 e. The number of benzene rings is 1. The number of hydrogen-bond donors (Lipinski definition) is 1. The van der Waals surface area contributed by atoms with E-state index in [1.807, 2.05) is 42.7 Å². The van der Waals surface area contributed by atoms with Gasteiger partial charge in [0.1, 0.15) is 5.75 Å². The number of hydrogen-bond acceptors (Lipinski definition) is 3. The quantitative estimate of drug-likeness (QED) is 0.934. The predicted molar refractivity (Wildman–Crippen MR) is 97.9 cm³/mol. The van der Waals surface area contributed by atoms with Crippen LogP contribution < -0.4 is 10.1 Å². The van der Waals surface area contributed by atoms with E-state index in [1.165, 1.54) is 25.9 Å². The van der Waals surface area contributed by atoms with Crippen LogP contribution in [0.15, 0.2) is 42.7 Å². The van der Waals surface area contributed by atoms with E-state index >= 15 is 0 Å². The number of carbonyl (C=O) groups excluding carboxylic acids is 1. The number of piperidine rings is 1. The number of carbonyl (C=O) groups is 1. The van der Waals surface area contributed by atoms with Gasteiger partial charge in [-0.25, -0.2) is 4.79 Å². The zero-order valence-electron chi connectivity index (χ0n) is 14.6. The Morgan fingerprint density at radius 1 is 1.20 bits per heavy atom. The second-order valence-electron chi connectivity index (χ2n) is 7.17. The lowest BCUT2D eigenvalue weighted by atomic mass is 9.94. The van der Waals surface area contributed by atoms with Crippen molar-refractivity contribution in [3.05, 3.63) is 42.7 Å². The van der Waals surface area contributed by atoms with E-state index in [1.54, 1.807) is 11.7 Å². The molecule has 5 nitrogen and oxygen atoms in total. The van der Waals surface area contributed by atoms with Gasteiger partial charge in [-0.15, -0.1) is 0 Å². The van der Waals surface area contributed by atoms with Crippen LogP contribution in [0.2, 0.25) is 0 Å². The molecule has 3 fully saturated rings. The molecule has 1 amide bonds. The summed E-state index contributed by atoms with van der Waals surface area (Å²) >= 11 is 0. The molecule has 25 heavy (non-hydrogen) atoms. The van der Waals surface area contributed by atoms with Gasteiger partial charge in [0.2, 0.25) is 0 Å². The van der Waals surface area contributed by atoms with Crippen molar-refractivity contribution in [2.24, 2.45) is 5.92 Å². The number of amides is 1. The van der Waals surface area contributed by atoms with Gasteiger partial charge < -0.3 is 15.0 Å². The second kappa shape index (κ2) is 6.92. The van der Waals surface area contributed by atoms with E-state index in [0.29, 0.717) is 0 Å². The van der Waals surface area contributed by atoms with Crippen molar-refractivity contribution in [2.75, 3.05) is 26.7 Å². The van der Waals surface area contributed by atoms with Crippen LogP contribution >= 0.6 is 0 Å². The summed E-state index contributed by atoms with van der Waals surface area (Å²) < 4.78 is 6.93. The zero-order valence-corrected chi connectivity index (χ0v) is 14.6. The highest BCUT2D eigenvalue weighted by molar-refractivity contribution is 5.79. The maximum absolute atomic E-state index is 12.6. The van der Waals surface area contributed by atoms with Crippen molar-refractivity contribution in [3.63, 3.8) is 0 Å². The van der Waals surface area contributed by atoms with Crippen molar-refractivity contribution in [1.82, 2.24) is 14.8 Å². The summed E-state index contributed by atoms with van der Waals surface area (Å²) in [7, 11) is 1.66. The molecule has 5 rings (SSSR count). The van der Waals surface area contributed by atoms with Crippen molar-refractivity contribution in [2.45, 2.75) is 25.3 Å². The molecule has 1 unspecified atom stereocenters. The Labute approximate surface area is 148 Å². The molecule has 2 bridgehead atoms. The third-order valence-corrected chi connectivity index (χ3v) is 5.46. The molecule has 0 saturated carbocycles. The van der Waals surface area contributed by atoms with Gasteiger partial charge in [0, 0.05) is 30.5 Å². The molecule has 132 valence electrons. The number of aromatic nitrogens is 1. The van der Waals surface area contributed by atoms with Gasteiger partial charge in [-0.05, 0) is 62.0 Å². The smallest absolute Gasteiger partial charge is 0.325 e. The lowest BCUT2D eigenvalue weighted by Gasteiger charge is -2.26. The van der Waals surface area contributed by atoms with Crippen molar-refractivity contribution in [3.8, 4) is 16.9 Å². The number of nitrogens with one attached hydrogen (secondary N) is 1. The van der Waals surface area contributed by atoms with Gasteiger partial charge in [0.05, 0.1) is 7.11 Å². The summed E-state index contributed by atoms with van der Waals surface area (Å²) in [5, 5.41) is 3.22. The Morgan fingerprint density at radius 2 is 2.04 bits per heavy atom. The van der Waals surface area contributed by atoms with Gasteiger partial charge in [-0.3, -0.25) is 4.57 Å². The molecule has 0 spiro atoms. The summed E-state index contributed by atoms with van der Waals surface area (Å²) in [4.78, 5) is 15.1. The topological polar surface area (TPSA) is 46.5 Å². The van der Waals surface area contributed by atoms with Crippen LogP contribution in [0.4, 0.5) is 4.79 Å². The standard InChI is InChI=1S/C20H25N3O2/c1-25-19-4-2-3-16(12-19)17-7-10-23(13-17)20(24)21-18-11-15-5-8-22(14-18)9-6-15/h2-4,7,10,12-13,15,18H,5-6,8-9,11,14H2,1H3,(H,21,24). The lowest BCUT2D eigenvalue weighted by molar-refractivity contribution is 0.217. The van der Waals surface area contributed by atoms with Gasteiger partial charge in [-0.1, -0.05) is 12.1 Å².